The summed E-state index contributed by atoms with van der Waals surface area (Å²) in [4.78, 5) is 11.3. The van der Waals surface area contributed by atoms with Crippen molar-refractivity contribution in [2.45, 2.75) is 39.3 Å². The predicted octanol–water partition coefficient (Wildman–Crippen LogP) is 1.24. The van der Waals surface area contributed by atoms with Crippen LogP contribution in [0.25, 0.3) is 0 Å². The predicted molar refractivity (Wildman–Crippen MR) is 63.7 cm³/mol. The van der Waals surface area contributed by atoms with Crippen molar-refractivity contribution in [3.63, 3.8) is 0 Å². The molecule has 14 heavy (non-hydrogen) atoms. The van der Waals surface area contributed by atoms with E-state index in [1.54, 1.807) is 11.8 Å². The molecular formula is C10H22N2OS. The summed E-state index contributed by atoms with van der Waals surface area (Å²) in [5, 5.41) is 6.10. The molecule has 1 atom stereocenters. The molecule has 0 aromatic heterocycles. The number of carbonyl (C=O) groups is 1. The van der Waals surface area contributed by atoms with E-state index in [1.165, 1.54) is 0 Å². The first kappa shape index (κ1) is 13.8. The Morgan fingerprint density at radius 2 is 2.07 bits per heavy atom. The van der Waals surface area contributed by atoms with Crippen molar-refractivity contribution in [1.82, 2.24) is 10.6 Å². The third-order valence-corrected chi connectivity index (χ3v) is 2.60. The summed E-state index contributed by atoms with van der Waals surface area (Å²) >= 11 is 1.81. The molecule has 1 amide bonds. The van der Waals surface area contributed by atoms with Gasteiger partial charge in [-0.15, -0.1) is 0 Å². The molecule has 0 aromatic rings. The molecule has 0 rings (SSSR count). The number of thioether (sulfide) groups is 1. The first-order chi connectivity index (χ1) is 6.60. The Morgan fingerprint density at radius 3 is 2.50 bits per heavy atom. The largest absolute Gasteiger partial charge is 0.353 e. The molecular weight excluding hydrogens is 196 g/mol. The van der Waals surface area contributed by atoms with Crippen LogP contribution in [0.4, 0.5) is 0 Å². The van der Waals surface area contributed by atoms with E-state index in [0.717, 1.165) is 12.2 Å². The first-order valence-electron chi connectivity index (χ1n) is 5.11. The zero-order valence-corrected chi connectivity index (χ0v) is 10.4. The summed E-state index contributed by atoms with van der Waals surface area (Å²) in [7, 11) is 0. The van der Waals surface area contributed by atoms with E-state index in [-0.39, 0.29) is 11.9 Å². The quantitative estimate of drug-likeness (QED) is 0.675. The van der Waals surface area contributed by atoms with Crippen molar-refractivity contribution < 1.29 is 4.79 Å². The lowest BCUT2D eigenvalue weighted by molar-refractivity contribution is -0.120. The van der Waals surface area contributed by atoms with Crippen molar-refractivity contribution in [2.24, 2.45) is 0 Å². The molecule has 0 bridgehead atoms. The molecule has 2 N–H and O–H groups in total. The van der Waals surface area contributed by atoms with E-state index in [4.69, 9.17) is 0 Å². The monoisotopic (exact) mass is 218 g/mol. The summed E-state index contributed by atoms with van der Waals surface area (Å²) < 4.78 is 0. The van der Waals surface area contributed by atoms with Gasteiger partial charge in [0.05, 0.1) is 6.54 Å². The summed E-state index contributed by atoms with van der Waals surface area (Å²) in [6, 6.07) is 0.674. The van der Waals surface area contributed by atoms with Crippen LogP contribution >= 0.6 is 11.8 Å². The summed E-state index contributed by atoms with van der Waals surface area (Å²) in [6.07, 6.45) is 3.15. The fourth-order valence-corrected chi connectivity index (χ4v) is 1.89. The minimum atomic E-state index is 0.0829. The molecule has 0 aliphatic carbocycles. The second kappa shape index (κ2) is 8.12. The molecule has 84 valence electrons. The molecule has 0 spiro atoms. The zero-order chi connectivity index (χ0) is 11.0. The molecule has 3 nitrogen and oxygen atoms in total. The van der Waals surface area contributed by atoms with Crippen LogP contribution in [0.2, 0.25) is 0 Å². The highest BCUT2D eigenvalue weighted by atomic mass is 32.2. The average Bonchev–Trinajstić information content (AvgIpc) is 2.11. The third-order valence-electron chi connectivity index (χ3n) is 1.86. The van der Waals surface area contributed by atoms with Gasteiger partial charge in [-0.2, -0.15) is 11.8 Å². The lowest BCUT2D eigenvalue weighted by atomic mass is 10.2. The van der Waals surface area contributed by atoms with Crippen LogP contribution in [-0.2, 0) is 4.79 Å². The molecule has 4 heteroatoms. The summed E-state index contributed by atoms with van der Waals surface area (Å²) in [5.41, 5.74) is 0. The van der Waals surface area contributed by atoms with Crippen LogP contribution in [-0.4, -0.2) is 36.5 Å². The molecule has 0 aromatic carbocycles. The second-order valence-electron chi connectivity index (χ2n) is 3.66. The molecule has 0 fully saturated rings. The fourth-order valence-electron chi connectivity index (χ4n) is 1.13. The highest BCUT2D eigenvalue weighted by molar-refractivity contribution is 7.98. The van der Waals surface area contributed by atoms with Gasteiger partial charge in [-0.25, -0.2) is 0 Å². The molecule has 0 heterocycles. The normalized spacial score (nSPS) is 12.9. The molecule has 0 radical (unpaired) electrons. The van der Waals surface area contributed by atoms with E-state index in [9.17, 15) is 4.79 Å². The number of hydrogen-bond acceptors (Lipinski definition) is 3. The van der Waals surface area contributed by atoms with Gasteiger partial charge in [0.25, 0.3) is 0 Å². The Hall–Kier alpha value is -0.220. The van der Waals surface area contributed by atoms with Crippen LogP contribution in [0.1, 0.15) is 27.2 Å². The zero-order valence-electron chi connectivity index (χ0n) is 9.59. The summed E-state index contributed by atoms with van der Waals surface area (Å²) in [5.74, 6) is 1.14. The topological polar surface area (TPSA) is 41.1 Å². The third kappa shape index (κ3) is 7.21. The van der Waals surface area contributed by atoms with Gasteiger partial charge >= 0.3 is 0 Å². The highest BCUT2D eigenvalue weighted by Gasteiger charge is 2.07. The van der Waals surface area contributed by atoms with Gasteiger partial charge in [0.2, 0.25) is 5.91 Å². The fraction of sp³-hybridized carbons (Fsp3) is 0.900. The second-order valence-corrected chi connectivity index (χ2v) is 4.57. The van der Waals surface area contributed by atoms with E-state index in [2.05, 4.69) is 23.8 Å². The van der Waals surface area contributed by atoms with Crippen LogP contribution in [0.15, 0.2) is 0 Å². The molecule has 0 saturated carbocycles. The van der Waals surface area contributed by atoms with Gasteiger partial charge < -0.3 is 10.6 Å². The Balaban J connectivity index is 3.62. The first-order valence-corrected chi connectivity index (χ1v) is 6.51. The summed E-state index contributed by atoms with van der Waals surface area (Å²) in [6.45, 7) is 6.50. The lowest BCUT2D eigenvalue weighted by Gasteiger charge is -2.16. The van der Waals surface area contributed by atoms with E-state index >= 15 is 0 Å². The van der Waals surface area contributed by atoms with E-state index < -0.39 is 0 Å². The van der Waals surface area contributed by atoms with Crippen molar-refractivity contribution in [1.29, 1.82) is 0 Å². The van der Waals surface area contributed by atoms with Crippen LogP contribution in [0.5, 0.6) is 0 Å². The van der Waals surface area contributed by atoms with Gasteiger partial charge in [0.1, 0.15) is 0 Å². The van der Waals surface area contributed by atoms with Crippen LogP contribution in [0, 0.1) is 0 Å². The van der Waals surface area contributed by atoms with Gasteiger partial charge in [-0.3, -0.25) is 4.79 Å². The lowest BCUT2D eigenvalue weighted by Crippen LogP contribution is -2.42. The number of carbonyl (C=O) groups excluding carboxylic acids is 1. The minimum Gasteiger partial charge on any atom is -0.353 e. The average molecular weight is 218 g/mol. The van der Waals surface area contributed by atoms with Gasteiger partial charge in [-0.05, 0) is 26.5 Å². The maximum atomic E-state index is 11.3. The molecule has 0 aliphatic heterocycles. The number of amides is 1. The van der Waals surface area contributed by atoms with Crippen molar-refractivity contribution >= 4 is 17.7 Å². The van der Waals surface area contributed by atoms with Crippen LogP contribution in [0.3, 0.4) is 0 Å². The van der Waals surface area contributed by atoms with Crippen molar-refractivity contribution in [3.05, 3.63) is 0 Å². The number of nitrogens with one attached hydrogen (secondary N) is 2. The molecule has 1 unspecified atom stereocenters. The number of hydrogen-bond donors (Lipinski definition) is 2. The Bertz CT molecular complexity index is 162. The molecule has 0 aliphatic rings. The Kier molecular flexibility index (Phi) is 7.99. The van der Waals surface area contributed by atoms with E-state index in [0.29, 0.717) is 12.6 Å². The maximum absolute atomic E-state index is 11.3. The van der Waals surface area contributed by atoms with Gasteiger partial charge in [0.15, 0.2) is 0 Å². The Morgan fingerprint density at radius 1 is 1.43 bits per heavy atom. The minimum absolute atomic E-state index is 0.0829. The van der Waals surface area contributed by atoms with Gasteiger partial charge in [-0.1, -0.05) is 6.92 Å². The number of rotatable bonds is 7. The van der Waals surface area contributed by atoms with Crippen LogP contribution < -0.4 is 10.6 Å². The van der Waals surface area contributed by atoms with Gasteiger partial charge in [0, 0.05) is 17.8 Å². The smallest absolute Gasteiger partial charge is 0.234 e. The highest BCUT2D eigenvalue weighted by Crippen LogP contribution is 2.00. The van der Waals surface area contributed by atoms with Crippen molar-refractivity contribution in [3.8, 4) is 0 Å². The van der Waals surface area contributed by atoms with Crippen molar-refractivity contribution in [2.75, 3.05) is 18.6 Å². The SMILES string of the molecule is CCC(CSC)NCC(=O)NC(C)C. The standard InChI is InChI=1S/C10H22N2OS/c1-5-9(7-14-4)11-6-10(13)12-8(2)3/h8-9,11H,5-7H2,1-4H3,(H,12,13). The van der Waals surface area contributed by atoms with E-state index in [1.807, 2.05) is 13.8 Å². The maximum Gasteiger partial charge on any atom is 0.234 e. The Labute approximate surface area is 91.4 Å². The molecule has 0 saturated heterocycles.